The van der Waals surface area contributed by atoms with E-state index in [1.54, 1.807) is 4.90 Å². The van der Waals surface area contributed by atoms with Gasteiger partial charge in [0.05, 0.1) is 18.1 Å². The summed E-state index contributed by atoms with van der Waals surface area (Å²) < 4.78 is 29.2. The number of urea groups is 1. The zero-order chi connectivity index (χ0) is 19.9. The SMILES string of the molecule is Cc1ccc(OCCCNC(=O)N(CCN(C)C)C2CCS(=O)(=O)C2)cc1. The van der Waals surface area contributed by atoms with Crippen molar-refractivity contribution in [3.05, 3.63) is 29.8 Å². The summed E-state index contributed by atoms with van der Waals surface area (Å²) in [6.07, 6.45) is 1.20. The van der Waals surface area contributed by atoms with Gasteiger partial charge < -0.3 is 19.9 Å². The molecule has 27 heavy (non-hydrogen) atoms. The van der Waals surface area contributed by atoms with Gasteiger partial charge in [-0.15, -0.1) is 0 Å². The van der Waals surface area contributed by atoms with E-state index < -0.39 is 9.84 Å². The van der Waals surface area contributed by atoms with Crippen LogP contribution in [0.2, 0.25) is 0 Å². The van der Waals surface area contributed by atoms with Crippen LogP contribution >= 0.6 is 0 Å². The van der Waals surface area contributed by atoms with Crippen molar-refractivity contribution in [3.63, 3.8) is 0 Å². The molecule has 0 spiro atoms. The molecule has 152 valence electrons. The van der Waals surface area contributed by atoms with E-state index in [9.17, 15) is 13.2 Å². The highest BCUT2D eigenvalue weighted by Gasteiger charge is 2.34. The van der Waals surface area contributed by atoms with Crippen LogP contribution < -0.4 is 10.1 Å². The van der Waals surface area contributed by atoms with E-state index in [4.69, 9.17) is 4.74 Å². The van der Waals surface area contributed by atoms with Crippen LogP contribution in [0.15, 0.2) is 24.3 Å². The molecule has 1 heterocycles. The van der Waals surface area contributed by atoms with Crippen LogP contribution in [0.4, 0.5) is 4.79 Å². The first kappa shape index (κ1) is 21.5. The first-order chi connectivity index (χ1) is 12.8. The summed E-state index contributed by atoms with van der Waals surface area (Å²) in [7, 11) is 0.838. The third-order valence-corrected chi connectivity index (χ3v) is 6.34. The lowest BCUT2D eigenvalue weighted by Crippen LogP contribution is -2.49. The maximum Gasteiger partial charge on any atom is 0.317 e. The van der Waals surface area contributed by atoms with E-state index in [0.29, 0.717) is 39.1 Å². The summed E-state index contributed by atoms with van der Waals surface area (Å²) in [6, 6.07) is 7.41. The van der Waals surface area contributed by atoms with Gasteiger partial charge in [0.15, 0.2) is 9.84 Å². The maximum atomic E-state index is 12.6. The number of likely N-dealkylation sites (N-methyl/N-ethyl adjacent to an activating group) is 1. The molecule has 1 unspecified atom stereocenters. The monoisotopic (exact) mass is 397 g/mol. The van der Waals surface area contributed by atoms with Crippen molar-refractivity contribution in [2.24, 2.45) is 0 Å². The van der Waals surface area contributed by atoms with E-state index in [1.165, 1.54) is 5.56 Å². The lowest BCUT2D eigenvalue weighted by molar-refractivity contribution is 0.172. The van der Waals surface area contributed by atoms with Crippen molar-refractivity contribution < 1.29 is 17.9 Å². The molecule has 1 saturated heterocycles. The Balaban J connectivity index is 1.77. The number of sulfone groups is 1. The highest BCUT2D eigenvalue weighted by molar-refractivity contribution is 7.91. The van der Waals surface area contributed by atoms with E-state index in [2.05, 4.69) is 5.32 Å². The Morgan fingerprint density at radius 1 is 1.22 bits per heavy atom. The number of hydrogen-bond acceptors (Lipinski definition) is 5. The first-order valence-electron chi connectivity index (χ1n) is 9.36. The Morgan fingerprint density at radius 2 is 1.93 bits per heavy atom. The van der Waals surface area contributed by atoms with E-state index >= 15 is 0 Å². The average molecular weight is 398 g/mol. The van der Waals surface area contributed by atoms with E-state index in [1.807, 2.05) is 50.2 Å². The number of carbonyl (C=O) groups excluding carboxylic acids is 1. The number of rotatable bonds is 9. The summed E-state index contributed by atoms with van der Waals surface area (Å²) in [5, 5.41) is 2.90. The molecule has 1 aromatic carbocycles. The number of carbonyl (C=O) groups is 1. The van der Waals surface area contributed by atoms with Gasteiger partial charge in [0.25, 0.3) is 0 Å². The Labute approximate surface area is 162 Å². The maximum absolute atomic E-state index is 12.6. The van der Waals surface area contributed by atoms with Gasteiger partial charge in [-0.3, -0.25) is 0 Å². The smallest absolute Gasteiger partial charge is 0.317 e. The first-order valence-corrected chi connectivity index (χ1v) is 11.2. The van der Waals surface area contributed by atoms with Crippen LogP contribution in [0.5, 0.6) is 5.75 Å². The van der Waals surface area contributed by atoms with Crippen molar-refractivity contribution in [2.75, 3.05) is 51.8 Å². The number of hydrogen-bond donors (Lipinski definition) is 1. The second-order valence-corrected chi connectivity index (χ2v) is 9.53. The minimum absolute atomic E-state index is 0.0599. The van der Waals surface area contributed by atoms with Crippen molar-refractivity contribution in [1.29, 1.82) is 0 Å². The van der Waals surface area contributed by atoms with Crippen LogP contribution in [-0.4, -0.2) is 82.1 Å². The van der Waals surface area contributed by atoms with Crippen LogP contribution in [-0.2, 0) is 9.84 Å². The molecule has 2 rings (SSSR count). The van der Waals surface area contributed by atoms with Crippen LogP contribution in [0.1, 0.15) is 18.4 Å². The van der Waals surface area contributed by atoms with Crippen molar-refractivity contribution in [1.82, 2.24) is 15.1 Å². The molecule has 0 saturated carbocycles. The second kappa shape index (κ2) is 9.94. The Morgan fingerprint density at radius 3 is 2.52 bits per heavy atom. The number of benzene rings is 1. The van der Waals surface area contributed by atoms with Gasteiger partial charge in [-0.2, -0.15) is 0 Å². The molecule has 0 aliphatic carbocycles. The molecule has 0 bridgehead atoms. The molecule has 1 atom stereocenters. The van der Waals surface area contributed by atoms with Crippen molar-refractivity contribution in [3.8, 4) is 5.75 Å². The van der Waals surface area contributed by atoms with Crippen LogP contribution in [0.25, 0.3) is 0 Å². The minimum Gasteiger partial charge on any atom is -0.494 e. The fourth-order valence-corrected chi connectivity index (χ4v) is 4.70. The molecule has 2 amide bonds. The largest absolute Gasteiger partial charge is 0.494 e. The molecule has 0 radical (unpaired) electrons. The zero-order valence-electron chi connectivity index (χ0n) is 16.5. The molecule has 1 N–H and O–H groups in total. The number of nitrogens with one attached hydrogen (secondary N) is 1. The number of nitrogens with zero attached hydrogens (tertiary/aromatic N) is 2. The van der Waals surface area contributed by atoms with Gasteiger partial charge in [-0.05, 0) is 46.0 Å². The number of amides is 2. The highest BCUT2D eigenvalue weighted by Crippen LogP contribution is 2.18. The highest BCUT2D eigenvalue weighted by atomic mass is 32.2. The lowest BCUT2D eigenvalue weighted by Gasteiger charge is -2.29. The van der Waals surface area contributed by atoms with Gasteiger partial charge >= 0.3 is 6.03 Å². The second-order valence-electron chi connectivity index (χ2n) is 7.30. The third kappa shape index (κ3) is 7.38. The lowest BCUT2D eigenvalue weighted by atomic mass is 10.2. The molecular formula is C19H31N3O4S. The molecule has 1 aliphatic heterocycles. The predicted octanol–water partition coefficient (Wildman–Crippen LogP) is 1.52. The molecule has 1 fully saturated rings. The molecule has 1 aromatic rings. The van der Waals surface area contributed by atoms with Gasteiger partial charge in [-0.25, -0.2) is 13.2 Å². The third-order valence-electron chi connectivity index (χ3n) is 4.59. The standard InChI is InChI=1S/C19H31N3O4S/c1-16-5-7-18(8-6-16)26-13-4-10-20-19(23)22(12-11-21(2)3)17-9-14-27(24,25)15-17/h5-8,17H,4,9-15H2,1-3H3,(H,20,23). The molecular weight excluding hydrogens is 366 g/mol. The van der Waals surface area contributed by atoms with E-state index in [-0.39, 0.29) is 23.6 Å². The Hall–Kier alpha value is -1.80. The molecule has 0 aromatic heterocycles. The van der Waals surface area contributed by atoms with Gasteiger partial charge in [-0.1, -0.05) is 17.7 Å². The molecule has 7 nitrogen and oxygen atoms in total. The van der Waals surface area contributed by atoms with E-state index in [0.717, 1.165) is 5.75 Å². The topological polar surface area (TPSA) is 79.0 Å². The summed E-state index contributed by atoms with van der Waals surface area (Å²) in [4.78, 5) is 16.2. The van der Waals surface area contributed by atoms with Gasteiger partial charge in [0, 0.05) is 25.7 Å². The number of aryl methyl sites for hydroxylation is 1. The van der Waals surface area contributed by atoms with Gasteiger partial charge in [0.2, 0.25) is 0 Å². The average Bonchev–Trinajstić information content (AvgIpc) is 2.96. The fourth-order valence-electron chi connectivity index (χ4n) is 2.97. The summed E-state index contributed by atoms with van der Waals surface area (Å²) >= 11 is 0. The number of ether oxygens (including phenoxy) is 1. The predicted molar refractivity (Wildman–Crippen MR) is 107 cm³/mol. The van der Waals surface area contributed by atoms with Crippen molar-refractivity contribution in [2.45, 2.75) is 25.8 Å². The summed E-state index contributed by atoms with van der Waals surface area (Å²) in [5.74, 6) is 1.04. The Bertz CT molecular complexity index is 704. The quantitative estimate of drug-likeness (QED) is 0.639. The van der Waals surface area contributed by atoms with Crippen LogP contribution in [0.3, 0.4) is 0 Å². The normalized spacial score (nSPS) is 18.4. The minimum atomic E-state index is -3.03. The molecule has 1 aliphatic rings. The summed E-state index contributed by atoms with van der Waals surface area (Å²) in [5.41, 5.74) is 1.18. The van der Waals surface area contributed by atoms with Crippen LogP contribution in [0, 0.1) is 6.92 Å². The fraction of sp³-hybridized carbons (Fsp3) is 0.632. The summed E-state index contributed by atoms with van der Waals surface area (Å²) in [6.45, 7) is 4.23. The zero-order valence-corrected chi connectivity index (χ0v) is 17.3. The Kier molecular flexibility index (Phi) is 7.91. The van der Waals surface area contributed by atoms with Crippen molar-refractivity contribution >= 4 is 15.9 Å². The van der Waals surface area contributed by atoms with Gasteiger partial charge in [0.1, 0.15) is 5.75 Å². The molecule has 8 heteroatoms.